The standard InChI is InChI=1S/C23H28N6O6/c1-23(2)34-13-16(35-23)12-33-15-6-7-24-18(9-15)26-22(31)29-14-5-4-8-28(11-14)17-10-25-19(21(30)32-3)27-20(17)29/h6-7,9-10,14,16H,4-5,8,11-13H2,1-3H3,(H,24,26,31)/t14?,16-/m0/s1. The summed E-state index contributed by atoms with van der Waals surface area (Å²) in [6, 6.07) is 2.86. The third-order valence-corrected chi connectivity index (χ3v) is 6.14. The maximum absolute atomic E-state index is 13.4. The van der Waals surface area contributed by atoms with Crippen LogP contribution in [-0.2, 0) is 14.2 Å². The number of fused-ring (bicyclic) bond motifs is 4. The van der Waals surface area contributed by atoms with Gasteiger partial charge in [-0.15, -0.1) is 0 Å². The van der Waals surface area contributed by atoms with Crippen molar-refractivity contribution in [3.05, 3.63) is 30.4 Å². The Morgan fingerprint density at radius 2 is 2.17 bits per heavy atom. The van der Waals surface area contributed by atoms with Crippen molar-refractivity contribution in [2.24, 2.45) is 0 Å². The highest BCUT2D eigenvalue weighted by Gasteiger charge is 2.39. The number of pyridine rings is 1. The van der Waals surface area contributed by atoms with Gasteiger partial charge in [0.25, 0.3) is 0 Å². The number of aromatic nitrogens is 3. The van der Waals surface area contributed by atoms with Crippen LogP contribution in [0.2, 0.25) is 0 Å². The fourth-order valence-corrected chi connectivity index (χ4v) is 4.55. The maximum atomic E-state index is 13.4. The predicted molar refractivity (Wildman–Crippen MR) is 125 cm³/mol. The third kappa shape index (κ3) is 4.84. The first-order valence-electron chi connectivity index (χ1n) is 11.5. The van der Waals surface area contributed by atoms with Gasteiger partial charge in [0.15, 0.2) is 11.6 Å². The molecule has 12 nitrogen and oxygen atoms in total. The summed E-state index contributed by atoms with van der Waals surface area (Å²) in [7, 11) is 1.27. The summed E-state index contributed by atoms with van der Waals surface area (Å²) in [4.78, 5) is 41.9. The number of hydrogen-bond acceptors (Lipinski definition) is 10. The molecule has 0 radical (unpaired) electrons. The zero-order valence-electron chi connectivity index (χ0n) is 19.9. The third-order valence-electron chi connectivity index (χ3n) is 6.14. The second-order valence-corrected chi connectivity index (χ2v) is 9.07. The van der Waals surface area contributed by atoms with Crippen molar-refractivity contribution in [2.75, 3.05) is 48.5 Å². The number of nitrogens with zero attached hydrogens (tertiary/aromatic N) is 5. The van der Waals surface area contributed by atoms with Gasteiger partial charge in [-0.3, -0.25) is 10.2 Å². The molecule has 3 aliphatic heterocycles. The van der Waals surface area contributed by atoms with Gasteiger partial charge in [-0.2, -0.15) is 0 Å². The van der Waals surface area contributed by atoms with Crippen molar-refractivity contribution < 1.29 is 28.5 Å². The van der Waals surface area contributed by atoms with Crippen LogP contribution in [0.4, 0.5) is 22.1 Å². The van der Waals surface area contributed by atoms with E-state index in [9.17, 15) is 9.59 Å². The number of anilines is 3. The van der Waals surface area contributed by atoms with Gasteiger partial charge in [-0.1, -0.05) is 0 Å². The quantitative estimate of drug-likeness (QED) is 0.631. The number of methoxy groups -OCH3 is 1. The molecule has 1 N–H and O–H groups in total. The Morgan fingerprint density at radius 1 is 1.31 bits per heavy atom. The van der Waals surface area contributed by atoms with Crippen molar-refractivity contribution in [3.8, 4) is 5.75 Å². The van der Waals surface area contributed by atoms with Crippen LogP contribution >= 0.6 is 0 Å². The van der Waals surface area contributed by atoms with Crippen molar-refractivity contribution in [1.29, 1.82) is 0 Å². The second-order valence-electron chi connectivity index (χ2n) is 9.07. The van der Waals surface area contributed by atoms with Crippen LogP contribution in [0.15, 0.2) is 24.5 Å². The summed E-state index contributed by atoms with van der Waals surface area (Å²) in [6.45, 7) is 5.98. The van der Waals surface area contributed by atoms with Gasteiger partial charge >= 0.3 is 12.0 Å². The summed E-state index contributed by atoms with van der Waals surface area (Å²) in [5, 5.41) is 2.84. The molecule has 2 atom stereocenters. The molecule has 5 rings (SSSR count). The van der Waals surface area contributed by atoms with E-state index in [4.69, 9.17) is 18.9 Å². The zero-order valence-corrected chi connectivity index (χ0v) is 19.9. The number of ether oxygens (including phenoxy) is 4. The number of carbonyl (C=O) groups is 2. The summed E-state index contributed by atoms with van der Waals surface area (Å²) >= 11 is 0. The molecule has 1 unspecified atom stereocenters. The lowest BCUT2D eigenvalue weighted by molar-refractivity contribution is -0.141. The molecule has 0 aromatic carbocycles. The Balaban J connectivity index is 1.33. The van der Waals surface area contributed by atoms with Crippen LogP contribution in [0, 0.1) is 0 Å². The molecule has 0 saturated carbocycles. The van der Waals surface area contributed by atoms with E-state index in [0.717, 1.165) is 19.4 Å². The molecule has 2 saturated heterocycles. The summed E-state index contributed by atoms with van der Waals surface area (Å²) in [5.74, 6) is -0.129. The molecule has 0 aliphatic carbocycles. The molecule has 3 aliphatic rings. The molecule has 2 amide bonds. The Labute approximate surface area is 202 Å². The minimum absolute atomic E-state index is 0.0972. The van der Waals surface area contributed by atoms with Crippen molar-refractivity contribution >= 4 is 29.3 Å². The lowest BCUT2D eigenvalue weighted by Crippen LogP contribution is -2.56. The first-order chi connectivity index (χ1) is 16.8. The molecule has 2 fully saturated rings. The number of amides is 2. The largest absolute Gasteiger partial charge is 0.491 e. The Bertz CT molecular complexity index is 1130. The molecule has 35 heavy (non-hydrogen) atoms. The van der Waals surface area contributed by atoms with E-state index in [1.165, 1.54) is 7.11 Å². The van der Waals surface area contributed by atoms with Gasteiger partial charge in [0.2, 0.25) is 5.82 Å². The molecule has 0 spiro atoms. The number of nitrogens with one attached hydrogen (secondary N) is 1. The molecule has 2 aromatic rings. The Morgan fingerprint density at radius 3 is 2.94 bits per heavy atom. The van der Waals surface area contributed by atoms with E-state index in [1.54, 1.807) is 29.4 Å². The van der Waals surface area contributed by atoms with E-state index < -0.39 is 17.8 Å². The van der Waals surface area contributed by atoms with Gasteiger partial charge in [-0.05, 0) is 32.8 Å². The van der Waals surface area contributed by atoms with Crippen LogP contribution in [0.1, 0.15) is 37.3 Å². The minimum Gasteiger partial charge on any atom is -0.491 e. The molecular formula is C23H28N6O6. The smallest absolute Gasteiger partial charge is 0.376 e. The SMILES string of the molecule is COC(=O)c1ncc2c(n1)N(C(=O)Nc1cc(OC[C@H]3COC(C)(C)O3)ccn1)C1CCCN2C1. The number of rotatable bonds is 5. The van der Waals surface area contributed by atoms with Crippen molar-refractivity contribution in [1.82, 2.24) is 15.0 Å². The van der Waals surface area contributed by atoms with Crippen LogP contribution in [0.3, 0.4) is 0 Å². The molecule has 2 aromatic heterocycles. The number of piperidine rings is 1. The zero-order chi connectivity index (χ0) is 24.6. The normalized spacial score (nSPS) is 22.4. The van der Waals surface area contributed by atoms with Crippen LogP contribution in [0.5, 0.6) is 5.75 Å². The molecule has 12 heteroatoms. The van der Waals surface area contributed by atoms with Crippen molar-refractivity contribution in [3.63, 3.8) is 0 Å². The highest BCUT2D eigenvalue weighted by atomic mass is 16.7. The fourth-order valence-electron chi connectivity index (χ4n) is 4.55. The van der Waals surface area contributed by atoms with Crippen molar-refractivity contribution in [2.45, 2.75) is 44.6 Å². The first-order valence-corrected chi connectivity index (χ1v) is 11.5. The monoisotopic (exact) mass is 484 g/mol. The first kappa shape index (κ1) is 23.2. The summed E-state index contributed by atoms with van der Waals surface area (Å²) < 4.78 is 21.9. The average Bonchev–Trinajstić information content (AvgIpc) is 3.21. The van der Waals surface area contributed by atoms with Crippen LogP contribution in [-0.4, -0.2) is 78.3 Å². The molecule has 2 bridgehead atoms. The molecular weight excluding hydrogens is 456 g/mol. The minimum atomic E-state index is -0.662. The van der Waals surface area contributed by atoms with Crippen LogP contribution in [0.25, 0.3) is 0 Å². The lowest BCUT2D eigenvalue weighted by atomic mass is 10.0. The number of urea groups is 1. The van der Waals surface area contributed by atoms with Gasteiger partial charge in [0.1, 0.15) is 24.3 Å². The number of carbonyl (C=O) groups excluding carboxylic acids is 2. The van der Waals surface area contributed by atoms with Crippen LogP contribution < -0.4 is 19.9 Å². The highest BCUT2D eigenvalue weighted by Crippen LogP contribution is 2.37. The Kier molecular flexibility index (Phi) is 6.15. The topological polar surface area (TPSA) is 128 Å². The Hall–Kier alpha value is -3.51. The lowest BCUT2D eigenvalue weighted by Gasteiger charge is -2.45. The fraction of sp³-hybridized carbons (Fsp3) is 0.522. The van der Waals surface area contributed by atoms with Gasteiger partial charge in [0.05, 0.1) is 31.6 Å². The predicted octanol–water partition coefficient (Wildman–Crippen LogP) is 2.21. The average molecular weight is 485 g/mol. The van der Waals surface area contributed by atoms with Gasteiger partial charge in [-0.25, -0.2) is 24.5 Å². The second kappa shape index (κ2) is 9.27. The summed E-state index contributed by atoms with van der Waals surface area (Å²) in [5.41, 5.74) is 0.704. The molecule has 186 valence electrons. The maximum Gasteiger partial charge on any atom is 0.376 e. The van der Waals surface area contributed by atoms with E-state index in [1.807, 2.05) is 13.8 Å². The van der Waals surface area contributed by atoms with Gasteiger partial charge < -0.3 is 23.8 Å². The molecule has 5 heterocycles. The van der Waals surface area contributed by atoms with E-state index >= 15 is 0 Å². The van der Waals surface area contributed by atoms with E-state index in [-0.39, 0.29) is 18.0 Å². The van der Waals surface area contributed by atoms with E-state index in [0.29, 0.717) is 42.8 Å². The number of esters is 1. The highest BCUT2D eigenvalue weighted by molar-refractivity contribution is 6.04. The van der Waals surface area contributed by atoms with E-state index in [2.05, 4.69) is 25.2 Å². The summed E-state index contributed by atoms with van der Waals surface area (Å²) in [6.07, 6.45) is 4.69. The van der Waals surface area contributed by atoms with Gasteiger partial charge in [0, 0.05) is 25.4 Å². The number of hydrogen-bond donors (Lipinski definition) is 1.